The average Bonchev–Trinajstić information content (AvgIpc) is 2.54. The van der Waals surface area contributed by atoms with Gasteiger partial charge in [0.2, 0.25) is 5.91 Å². The smallest absolute Gasteiger partial charge is 0.222 e. The lowest BCUT2D eigenvalue weighted by Gasteiger charge is -2.23. The molecule has 6 heteroatoms. The molecule has 1 aromatic carbocycles. The quantitative estimate of drug-likeness (QED) is 0.943. The molecule has 0 spiro atoms. The van der Waals surface area contributed by atoms with Crippen molar-refractivity contribution in [3.05, 3.63) is 23.9 Å². The van der Waals surface area contributed by atoms with Gasteiger partial charge in [-0.2, -0.15) is 0 Å². The van der Waals surface area contributed by atoms with Gasteiger partial charge in [-0.05, 0) is 30.4 Å². The molecule has 6 nitrogen and oxygen atoms in total. The Labute approximate surface area is 128 Å². The first-order valence-electron chi connectivity index (χ1n) is 7.38. The van der Waals surface area contributed by atoms with Gasteiger partial charge in [0, 0.05) is 20.1 Å². The number of anilines is 1. The zero-order valence-electron chi connectivity index (χ0n) is 12.8. The maximum Gasteiger partial charge on any atom is 0.222 e. The number of aromatic nitrogens is 2. The number of benzene rings is 1. The van der Waals surface area contributed by atoms with E-state index in [0.29, 0.717) is 23.0 Å². The first kappa shape index (κ1) is 14.7. The van der Waals surface area contributed by atoms with Gasteiger partial charge in [-0.25, -0.2) is 4.98 Å². The Morgan fingerprint density at radius 1 is 1.32 bits per heavy atom. The van der Waals surface area contributed by atoms with Crippen LogP contribution < -0.4 is 10.1 Å². The lowest BCUT2D eigenvalue weighted by molar-refractivity contribution is -0.114. The second kappa shape index (κ2) is 6.27. The number of ether oxygens (including phenoxy) is 2. The summed E-state index contributed by atoms with van der Waals surface area (Å²) >= 11 is 0. The van der Waals surface area contributed by atoms with Gasteiger partial charge in [0.1, 0.15) is 11.3 Å². The van der Waals surface area contributed by atoms with Crippen molar-refractivity contribution in [3.63, 3.8) is 0 Å². The average molecular weight is 301 g/mol. The summed E-state index contributed by atoms with van der Waals surface area (Å²) < 4.78 is 10.8. The topological polar surface area (TPSA) is 73.3 Å². The molecule has 0 unspecified atom stereocenters. The van der Waals surface area contributed by atoms with E-state index in [0.717, 1.165) is 31.6 Å². The fourth-order valence-electron chi connectivity index (χ4n) is 2.84. The lowest BCUT2D eigenvalue weighted by Crippen LogP contribution is -2.15. The largest absolute Gasteiger partial charge is 0.494 e. The normalized spacial score (nSPS) is 15.7. The van der Waals surface area contributed by atoms with Crippen molar-refractivity contribution in [3.8, 4) is 5.75 Å². The van der Waals surface area contributed by atoms with Gasteiger partial charge in [0.05, 0.1) is 18.8 Å². The van der Waals surface area contributed by atoms with Crippen molar-refractivity contribution in [2.45, 2.75) is 25.7 Å². The number of fused-ring (bicyclic) bond motifs is 1. The molecule has 1 aromatic heterocycles. The van der Waals surface area contributed by atoms with Crippen molar-refractivity contribution >= 4 is 22.8 Å². The fourth-order valence-corrected chi connectivity index (χ4v) is 2.84. The van der Waals surface area contributed by atoms with Gasteiger partial charge in [-0.15, -0.1) is 0 Å². The van der Waals surface area contributed by atoms with Crippen molar-refractivity contribution < 1.29 is 14.3 Å². The van der Waals surface area contributed by atoms with Crippen molar-refractivity contribution in [1.29, 1.82) is 0 Å². The minimum Gasteiger partial charge on any atom is -0.494 e. The minimum atomic E-state index is -0.173. The third kappa shape index (κ3) is 2.87. The molecular weight excluding hydrogens is 282 g/mol. The Hall–Kier alpha value is -2.21. The zero-order chi connectivity index (χ0) is 15.5. The van der Waals surface area contributed by atoms with Gasteiger partial charge in [0.15, 0.2) is 5.82 Å². The summed E-state index contributed by atoms with van der Waals surface area (Å²) in [5.41, 5.74) is 2.68. The monoisotopic (exact) mass is 301 g/mol. The molecule has 1 aliphatic heterocycles. The molecule has 0 saturated carbocycles. The van der Waals surface area contributed by atoms with Crippen LogP contribution >= 0.6 is 0 Å². The number of methoxy groups -OCH3 is 1. The second-order valence-corrected chi connectivity index (χ2v) is 5.38. The number of carbonyl (C=O) groups is 1. The van der Waals surface area contributed by atoms with Gasteiger partial charge >= 0.3 is 0 Å². The highest BCUT2D eigenvalue weighted by molar-refractivity contribution is 5.90. The van der Waals surface area contributed by atoms with Crippen molar-refractivity contribution in [1.82, 2.24) is 9.97 Å². The van der Waals surface area contributed by atoms with Crippen LogP contribution in [0.1, 0.15) is 31.2 Å². The Balaban J connectivity index is 2.08. The number of nitrogens with one attached hydrogen (secondary N) is 1. The van der Waals surface area contributed by atoms with E-state index in [1.807, 2.05) is 6.07 Å². The molecule has 0 atom stereocenters. The van der Waals surface area contributed by atoms with Gasteiger partial charge in [-0.1, -0.05) is 6.07 Å². The molecule has 22 heavy (non-hydrogen) atoms. The van der Waals surface area contributed by atoms with E-state index >= 15 is 0 Å². The van der Waals surface area contributed by atoms with E-state index in [1.54, 1.807) is 13.3 Å². The predicted octanol–water partition coefficient (Wildman–Crippen LogP) is 2.49. The molecule has 2 aromatic rings. The fraction of sp³-hybridized carbons (Fsp3) is 0.438. The Morgan fingerprint density at radius 3 is 2.77 bits per heavy atom. The molecule has 1 saturated heterocycles. The summed E-state index contributed by atoms with van der Waals surface area (Å²) in [5.74, 6) is 1.34. The first-order valence-corrected chi connectivity index (χ1v) is 7.38. The van der Waals surface area contributed by atoms with Gasteiger partial charge in [0.25, 0.3) is 0 Å². The van der Waals surface area contributed by atoms with Crippen LogP contribution in [0.15, 0.2) is 18.3 Å². The predicted molar refractivity (Wildman–Crippen MR) is 83.2 cm³/mol. The number of hydrogen-bond donors (Lipinski definition) is 1. The summed E-state index contributed by atoms with van der Waals surface area (Å²) in [6.07, 6.45) is 3.55. The van der Waals surface area contributed by atoms with E-state index in [9.17, 15) is 4.79 Å². The highest BCUT2D eigenvalue weighted by Gasteiger charge is 2.21. The van der Waals surface area contributed by atoms with Crippen LogP contribution in [0, 0.1) is 0 Å². The molecule has 0 aliphatic carbocycles. The number of carbonyl (C=O) groups excluding carboxylic acids is 1. The molecule has 3 rings (SSSR count). The van der Waals surface area contributed by atoms with E-state index in [2.05, 4.69) is 21.4 Å². The van der Waals surface area contributed by atoms with Crippen LogP contribution in [-0.4, -0.2) is 36.2 Å². The van der Waals surface area contributed by atoms with E-state index < -0.39 is 0 Å². The van der Waals surface area contributed by atoms with E-state index in [-0.39, 0.29) is 5.91 Å². The van der Waals surface area contributed by atoms with Gasteiger partial charge in [-0.3, -0.25) is 9.78 Å². The summed E-state index contributed by atoms with van der Waals surface area (Å²) in [7, 11) is 1.61. The maximum atomic E-state index is 11.2. The second-order valence-electron chi connectivity index (χ2n) is 5.38. The SMILES string of the molecule is COc1ccc(C2CCOCC2)c2ncc(NC(C)=O)nc12. The Kier molecular flexibility index (Phi) is 4.20. The lowest BCUT2D eigenvalue weighted by atomic mass is 9.90. The number of amides is 1. The van der Waals surface area contributed by atoms with Crippen molar-refractivity contribution in [2.75, 3.05) is 25.6 Å². The highest BCUT2D eigenvalue weighted by atomic mass is 16.5. The highest BCUT2D eigenvalue weighted by Crippen LogP contribution is 2.34. The standard InChI is InChI=1S/C16H19N3O3/c1-10(20)18-14-9-17-15-12(11-5-7-22-8-6-11)3-4-13(21-2)16(15)19-14/h3-4,9,11H,5-8H2,1-2H3,(H,18,19,20). The molecule has 0 radical (unpaired) electrons. The van der Waals surface area contributed by atoms with Crippen LogP contribution in [0.3, 0.4) is 0 Å². The molecule has 1 amide bonds. The van der Waals surface area contributed by atoms with Crippen molar-refractivity contribution in [2.24, 2.45) is 0 Å². The summed E-state index contributed by atoms with van der Waals surface area (Å²) in [4.78, 5) is 20.2. The Morgan fingerprint density at radius 2 is 2.09 bits per heavy atom. The number of rotatable bonds is 3. The number of nitrogens with zero attached hydrogens (tertiary/aromatic N) is 2. The number of hydrogen-bond acceptors (Lipinski definition) is 5. The summed E-state index contributed by atoms with van der Waals surface area (Å²) in [6.45, 7) is 2.99. The molecule has 1 fully saturated rings. The molecular formula is C16H19N3O3. The maximum absolute atomic E-state index is 11.2. The van der Waals surface area contributed by atoms with Crippen LogP contribution in [0.25, 0.3) is 11.0 Å². The molecule has 116 valence electrons. The van der Waals surface area contributed by atoms with Crippen LogP contribution in [0.2, 0.25) is 0 Å². The summed E-state index contributed by atoms with van der Waals surface area (Å²) in [6, 6.07) is 3.98. The van der Waals surface area contributed by atoms with E-state index in [4.69, 9.17) is 9.47 Å². The van der Waals surface area contributed by atoms with E-state index in [1.165, 1.54) is 12.5 Å². The zero-order valence-corrected chi connectivity index (χ0v) is 12.8. The molecule has 2 heterocycles. The van der Waals surface area contributed by atoms with Gasteiger partial charge < -0.3 is 14.8 Å². The van der Waals surface area contributed by atoms with Crippen LogP contribution in [0.5, 0.6) is 5.75 Å². The molecule has 0 bridgehead atoms. The minimum absolute atomic E-state index is 0.173. The first-order chi connectivity index (χ1) is 10.7. The Bertz CT molecular complexity index is 696. The van der Waals surface area contributed by atoms with Crippen LogP contribution in [0.4, 0.5) is 5.82 Å². The molecule has 1 N–H and O–H groups in total. The third-order valence-electron chi connectivity index (χ3n) is 3.88. The van der Waals surface area contributed by atoms with Crippen LogP contribution in [-0.2, 0) is 9.53 Å². The molecule has 1 aliphatic rings. The third-order valence-corrected chi connectivity index (χ3v) is 3.88. The summed E-state index contributed by atoms with van der Waals surface area (Å²) in [5, 5.41) is 2.66.